The molecule has 0 saturated carbocycles. The van der Waals surface area contributed by atoms with Gasteiger partial charge in [0.15, 0.2) is 0 Å². The molecule has 4 heteroatoms. The van der Waals surface area contributed by atoms with Crippen LogP contribution in [0.15, 0.2) is 0 Å². The van der Waals surface area contributed by atoms with Crippen LogP contribution in [0.25, 0.3) is 0 Å². The van der Waals surface area contributed by atoms with Crippen LogP contribution in [0.5, 0.6) is 0 Å². The first-order chi connectivity index (χ1) is 4.46. The molecule has 0 aliphatic carbocycles. The maximum Gasteiger partial charge on any atom is 0.147 e. The van der Waals surface area contributed by atoms with Crippen molar-refractivity contribution in [3.63, 3.8) is 0 Å². The molecule has 0 N–H and O–H groups in total. The number of carbonyl (C=O) groups is 3. The minimum absolute atomic E-state index is 0. The number of ketones is 3. The molecule has 0 bridgehead atoms. The minimum atomic E-state index is -1.03. The Balaban J connectivity index is 0. The first kappa shape index (κ1) is 13.1. The number of carbonyl (C=O) groups excluding carboxylic acids is 3. The summed E-state index contributed by atoms with van der Waals surface area (Å²) in [6, 6.07) is 0. The van der Waals surface area contributed by atoms with E-state index >= 15 is 0 Å². The van der Waals surface area contributed by atoms with Crippen LogP contribution in [-0.2, 0) is 31.5 Å². The van der Waals surface area contributed by atoms with Gasteiger partial charge < -0.3 is 0 Å². The maximum absolute atomic E-state index is 10.6. The summed E-state index contributed by atoms with van der Waals surface area (Å²) < 4.78 is 0. The van der Waals surface area contributed by atoms with Gasteiger partial charge >= 0.3 is 0 Å². The van der Waals surface area contributed by atoms with E-state index in [1.54, 1.807) is 0 Å². The van der Waals surface area contributed by atoms with Crippen LogP contribution in [0.3, 0.4) is 0 Å². The molecule has 0 aromatic rings. The molecule has 0 aliphatic heterocycles. The van der Waals surface area contributed by atoms with Gasteiger partial charge in [-0.3, -0.25) is 14.4 Å². The third-order valence-corrected chi connectivity index (χ3v) is 1.22. The van der Waals surface area contributed by atoms with Crippen LogP contribution in [0.2, 0.25) is 0 Å². The van der Waals surface area contributed by atoms with Gasteiger partial charge in [0.05, 0.1) is 0 Å². The van der Waals surface area contributed by atoms with Crippen molar-refractivity contribution in [2.75, 3.05) is 0 Å². The molecular weight excluding hydrogens is 188 g/mol. The van der Waals surface area contributed by atoms with Gasteiger partial charge in [0.25, 0.3) is 0 Å². The summed E-state index contributed by atoms with van der Waals surface area (Å²) in [7, 11) is 0. The molecule has 0 atom stereocenters. The molecule has 0 unspecified atom stereocenters. The summed E-state index contributed by atoms with van der Waals surface area (Å²) in [5, 5.41) is 0. The van der Waals surface area contributed by atoms with E-state index in [0.717, 1.165) is 0 Å². The average molecular weight is 198 g/mol. The molecule has 3 nitrogen and oxygen atoms in total. The van der Waals surface area contributed by atoms with Gasteiger partial charge in [0, 0.05) is 17.1 Å². The predicted molar refractivity (Wildman–Crippen MR) is 35.5 cm³/mol. The van der Waals surface area contributed by atoms with Gasteiger partial charge in [-0.05, 0) is 20.8 Å². The molecule has 0 aromatic heterocycles. The Kier molecular flexibility index (Phi) is 6.23. The normalized spacial score (nSPS) is 8.73. The zero-order chi connectivity index (χ0) is 8.31. The predicted octanol–water partition coefficient (Wildman–Crippen LogP) is 0.367. The van der Waals surface area contributed by atoms with Crippen molar-refractivity contribution in [1.82, 2.24) is 0 Å². The summed E-state index contributed by atoms with van der Waals surface area (Å²) >= 11 is 0. The molecule has 64 valence electrons. The monoisotopic (exact) mass is 198 g/mol. The van der Waals surface area contributed by atoms with Crippen LogP contribution < -0.4 is 0 Å². The van der Waals surface area contributed by atoms with Gasteiger partial charge in [0.1, 0.15) is 23.3 Å². The molecule has 0 fully saturated rings. The number of hydrogen-bond donors (Lipinski definition) is 0. The topological polar surface area (TPSA) is 51.2 Å². The Morgan fingerprint density at radius 3 is 1.00 bits per heavy atom. The molecular formula is C7H10FeO3. The molecule has 0 amide bonds. The minimum Gasteiger partial charge on any atom is -0.299 e. The molecule has 0 saturated heterocycles. The van der Waals surface area contributed by atoms with E-state index < -0.39 is 5.92 Å². The maximum atomic E-state index is 10.6. The van der Waals surface area contributed by atoms with Gasteiger partial charge in [-0.1, -0.05) is 0 Å². The number of hydrogen-bond acceptors (Lipinski definition) is 3. The fraction of sp³-hybridized carbons (Fsp3) is 0.571. The zero-order valence-corrected chi connectivity index (χ0v) is 7.76. The Morgan fingerprint density at radius 1 is 0.818 bits per heavy atom. The van der Waals surface area contributed by atoms with Gasteiger partial charge in [-0.25, -0.2) is 0 Å². The average Bonchev–Trinajstić information content (AvgIpc) is 1.59. The quantitative estimate of drug-likeness (QED) is 0.486. The number of Topliss-reactive ketones (excluding diaryl/α,β-unsaturated/α-hetero) is 3. The molecule has 0 heterocycles. The summed E-state index contributed by atoms with van der Waals surface area (Å²) in [6.07, 6.45) is 0. The standard InChI is InChI=1S/C7H10O3.Fe/c1-4(8)7(5(2)9)6(3)10;/h7H,1-3H3;. The Hall–Kier alpha value is -0.471. The van der Waals surface area contributed by atoms with Crippen molar-refractivity contribution in [3.8, 4) is 0 Å². The van der Waals surface area contributed by atoms with Gasteiger partial charge in [0.2, 0.25) is 0 Å². The van der Waals surface area contributed by atoms with E-state index in [1.165, 1.54) is 20.8 Å². The third kappa shape index (κ3) is 4.06. The van der Waals surface area contributed by atoms with E-state index in [0.29, 0.717) is 0 Å². The number of rotatable bonds is 3. The molecule has 0 rings (SSSR count). The molecule has 0 spiro atoms. The van der Waals surface area contributed by atoms with E-state index in [9.17, 15) is 14.4 Å². The van der Waals surface area contributed by atoms with Crippen molar-refractivity contribution in [3.05, 3.63) is 0 Å². The second-order valence-electron chi connectivity index (χ2n) is 2.26. The Bertz CT molecular complexity index is 153. The summed E-state index contributed by atoms with van der Waals surface area (Å²) in [5.41, 5.74) is 0. The van der Waals surface area contributed by atoms with E-state index in [2.05, 4.69) is 0 Å². The Morgan fingerprint density at radius 2 is 1.00 bits per heavy atom. The SMILES string of the molecule is CC(=O)C(C(C)=O)C(C)=O.[Fe]. The van der Waals surface area contributed by atoms with Crippen molar-refractivity contribution in [1.29, 1.82) is 0 Å². The molecule has 11 heavy (non-hydrogen) atoms. The second-order valence-corrected chi connectivity index (χ2v) is 2.26. The largest absolute Gasteiger partial charge is 0.299 e. The molecule has 0 aromatic carbocycles. The third-order valence-electron chi connectivity index (χ3n) is 1.22. The van der Waals surface area contributed by atoms with Crippen molar-refractivity contribution < 1.29 is 31.5 Å². The van der Waals surface area contributed by atoms with Crippen LogP contribution in [0.1, 0.15) is 20.8 Å². The zero-order valence-electron chi connectivity index (χ0n) is 6.66. The van der Waals surface area contributed by atoms with Crippen LogP contribution in [-0.4, -0.2) is 17.3 Å². The second kappa shape index (κ2) is 5.22. The fourth-order valence-electron chi connectivity index (χ4n) is 0.859. The first-order valence-corrected chi connectivity index (χ1v) is 2.98. The summed E-state index contributed by atoms with van der Waals surface area (Å²) in [6.45, 7) is 3.73. The van der Waals surface area contributed by atoms with Crippen molar-refractivity contribution >= 4 is 17.3 Å². The van der Waals surface area contributed by atoms with E-state index in [4.69, 9.17) is 0 Å². The van der Waals surface area contributed by atoms with Crippen LogP contribution >= 0.6 is 0 Å². The molecule has 0 radical (unpaired) electrons. The van der Waals surface area contributed by atoms with Crippen LogP contribution in [0, 0.1) is 5.92 Å². The summed E-state index contributed by atoms with van der Waals surface area (Å²) in [4.78, 5) is 31.8. The first-order valence-electron chi connectivity index (χ1n) is 2.98. The van der Waals surface area contributed by atoms with Crippen molar-refractivity contribution in [2.45, 2.75) is 20.8 Å². The van der Waals surface area contributed by atoms with Crippen molar-refractivity contribution in [2.24, 2.45) is 5.92 Å². The molecule has 0 aliphatic rings. The van der Waals surface area contributed by atoms with E-state index in [1.807, 2.05) is 0 Å². The Labute approximate surface area is 76.0 Å². The van der Waals surface area contributed by atoms with Crippen LogP contribution in [0.4, 0.5) is 0 Å². The fourth-order valence-corrected chi connectivity index (χ4v) is 0.859. The van der Waals surface area contributed by atoms with Gasteiger partial charge in [-0.15, -0.1) is 0 Å². The summed E-state index contributed by atoms with van der Waals surface area (Å²) in [5.74, 6) is -2.15. The van der Waals surface area contributed by atoms with Gasteiger partial charge in [-0.2, -0.15) is 0 Å². The van der Waals surface area contributed by atoms with E-state index in [-0.39, 0.29) is 34.4 Å². The smallest absolute Gasteiger partial charge is 0.147 e.